The number of nitrogens with one attached hydrogen (secondary N) is 2. The maximum atomic E-state index is 13.4. The van der Waals surface area contributed by atoms with Crippen LogP contribution in [0.2, 0.25) is 0 Å². The Bertz CT molecular complexity index is 1420. The predicted molar refractivity (Wildman–Crippen MR) is 160 cm³/mol. The molecule has 0 bridgehead atoms. The van der Waals surface area contributed by atoms with Crippen molar-refractivity contribution in [3.05, 3.63) is 89.2 Å². The zero-order valence-corrected chi connectivity index (χ0v) is 23.8. The molecule has 0 aromatic heterocycles. The van der Waals surface area contributed by atoms with Crippen molar-refractivity contribution in [3.63, 3.8) is 0 Å². The molecule has 5 rings (SSSR count). The van der Waals surface area contributed by atoms with E-state index in [1.807, 2.05) is 17.0 Å². The van der Waals surface area contributed by atoms with E-state index in [9.17, 15) is 18.8 Å². The van der Waals surface area contributed by atoms with E-state index in [0.29, 0.717) is 73.8 Å². The SMILES string of the molecule is COc1cccc(C(=O)Nc2cc(C(=O)N3CCCNCC3)ccc2N2CCCN(C(=O)c3ccc(F)cc3)CC2)c1. The highest BCUT2D eigenvalue weighted by atomic mass is 19.1. The number of ether oxygens (including phenoxy) is 1. The summed E-state index contributed by atoms with van der Waals surface area (Å²) >= 11 is 0. The summed E-state index contributed by atoms with van der Waals surface area (Å²) in [5.41, 5.74) is 2.69. The summed E-state index contributed by atoms with van der Waals surface area (Å²) in [5.74, 6) is -0.349. The number of carbonyl (C=O) groups excluding carboxylic acids is 3. The number of benzene rings is 3. The van der Waals surface area contributed by atoms with Gasteiger partial charge in [0.1, 0.15) is 11.6 Å². The first-order chi connectivity index (χ1) is 20.4. The van der Waals surface area contributed by atoms with Gasteiger partial charge in [0.2, 0.25) is 0 Å². The lowest BCUT2D eigenvalue weighted by Gasteiger charge is -2.27. The Balaban J connectivity index is 1.40. The third-order valence-corrected chi connectivity index (χ3v) is 7.67. The van der Waals surface area contributed by atoms with Crippen molar-refractivity contribution in [1.82, 2.24) is 15.1 Å². The minimum absolute atomic E-state index is 0.0749. The van der Waals surface area contributed by atoms with Gasteiger partial charge in [-0.1, -0.05) is 6.07 Å². The van der Waals surface area contributed by atoms with Crippen molar-refractivity contribution in [2.75, 3.05) is 69.7 Å². The quantitative estimate of drug-likeness (QED) is 0.465. The van der Waals surface area contributed by atoms with Crippen LogP contribution in [0.5, 0.6) is 5.75 Å². The number of nitrogens with zero attached hydrogens (tertiary/aromatic N) is 3. The molecule has 3 aromatic rings. The summed E-state index contributed by atoms with van der Waals surface area (Å²) in [6.45, 7) is 5.10. The molecule has 0 saturated carbocycles. The standard InChI is InChI=1S/C32H36FN5O4/c1-42-27-6-2-5-24(21-27)30(39)35-28-22-25(32(41)37-15-3-13-34-14-18-37)9-12-29(28)36-16-4-17-38(20-19-36)31(40)23-7-10-26(33)11-8-23/h2,5-12,21-22,34H,3-4,13-20H2,1H3,(H,35,39). The van der Waals surface area contributed by atoms with E-state index in [0.717, 1.165) is 25.2 Å². The number of halogens is 1. The largest absolute Gasteiger partial charge is 0.497 e. The molecule has 0 radical (unpaired) electrons. The third-order valence-electron chi connectivity index (χ3n) is 7.67. The fourth-order valence-corrected chi connectivity index (χ4v) is 5.37. The van der Waals surface area contributed by atoms with Gasteiger partial charge in [0.05, 0.1) is 18.5 Å². The van der Waals surface area contributed by atoms with Crippen LogP contribution in [-0.2, 0) is 0 Å². The van der Waals surface area contributed by atoms with Gasteiger partial charge in [-0.05, 0) is 80.1 Å². The van der Waals surface area contributed by atoms with Gasteiger partial charge >= 0.3 is 0 Å². The summed E-state index contributed by atoms with van der Waals surface area (Å²) in [5, 5.41) is 6.35. The topological polar surface area (TPSA) is 94.2 Å². The Labute approximate surface area is 245 Å². The summed E-state index contributed by atoms with van der Waals surface area (Å²) in [6.07, 6.45) is 1.59. The molecule has 2 aliphatic rings. The monoisotopic (exact) mass is 573 g/mol. The first kappa shape index (κ1) is 29.1. The molecular weight excluding hydrogens is 537 g/mol. The van der Waals surface area contributed by atoms with Gasteiger partial charge in [0, 0.05) is 62.5 Å². The molecular formula is C32H36FN5O4. The number of rotatable bonds is 6. The molecule has 2 aliphatic heterocycles. The van der Waals surface area contributed by atoms with Crippen molar-refractivity contribution < 1.29 is 23.5 Å². The molecule has 0 atom stereocenters. The van der Waals surface area contributed by atoms with E-state index in [4.69, 9.17) is 4.74 Å². The number of hydrogen-bond acceptors (Lipinski definition) is 6. The maximum Gasteiger partial charge on any atom is 0.255 e. The summed E-state index contributed by atoms with van der Waals surface area (Å²) in [4.78, 5) is 45.6. The predicted octanol–water partition coefficient (Wildman–Crippen LogP) is 3.87. The zero-order chi connectivity index (χ0) is 29.5. The van der Waals surface area contributed by atoms with Gasteiger partial charge < -0.3 is 30.1 Å². The smallest absolute Gasteiger partial charge is 0.255 e. The van der Waals surface area contributed by atoms with Gasteiger partial charge in [0.15, 0.2) is 0 Å². The summed E-state index contributed by atoms with van der Waals surface area (Å²) in [7, 11) is 1.55. The molecule has 10 heteroatoms. The normalized spacial score (nSPS) is 15.9. The van der Waals surface area contributed by atoms with Crippen LogP contribution in [0, 0.1) is 5.82 Å². The molecule has 2 saturated heterocycles. The van der Waals surface area contributed by atoms with Gasteiger partial charge in [-0.2, -0.15) is 0 Å². The molecule has 2 heterocycles. The highest BCUT2D eigenvalue weighted by molar-refractivity contribution is 6.07. The summed E-state index contributed by atoms with van der Waals surface area (Å²) < 4.78 is 18.7. The highest BCUT2D eigenvalue weighted by Crippen LogP contribution is 2.30. The van der Waals surface area contributed by atoms with Gasteiger partial charge in [0.25, 0.3) is 17.7 Å². The molecule has 220 valence electrons. The van der Waals surface area contributed by atoms with Crippen molar-refractivity contribution >= 4 is 29.1 Å². The fraction of sp³-hybridized carbons (Fsp3) is 0.344. The molecule has 0 unspecified atom stereocenters. The minimum Gasteiger partial charge on any atom is -0.497 e. The van der Waals surface area contributed by atoms with Gasteiger partial charge in [-0.25, -0.2) is 4.39 Å². The third kappa shape index (κ3) is 6.88. The van der Waals surface area contributed by atoms with E-state index in [1.165, 1.54) is 24.3 Å². The number of methoxy groups -OCH3 is 1. The number of amides is 3. The molecule has 2 fully saturated rings. The molecule has 3 amide bonds. The number of anilines is 2. The Morgan fingerprint density at radius 2 is 1.50 bits per heavy atom. The molecule has 0 aliphatic carbocycles. The lowest BCUT2D eigenvalue weighted by Crippen LogP contribution is -2.35. The van der Waals surface area contributed by atoms with Gasteiger partial charge in [-0.15, -0.1) is 0 Å². The van der Waals surface area contributed by atoms with E-state index >= 15 is 0 Å². The Hall–Kier alpha value is -4.44. The number of hydrogen-bond donors (Lipinski definition) is 2. The molecule has 42 heavy (non-hydrogen) atoms. The second-order valence-corrected chi connectivity index (χ2v) is 10.5. The lowest BCUT2D eigenvalue weighted by atomic mass is 10.1. The molecule has 0 spiro atoms. The Kier molecular flexibility index (Phi) is 9.33. The van der Waals surface area contributed by atoms with Crippen LogP contribution in [0.25, 0.3) is 0 Å². The molecule has 2 N–H and O–H groups in total. The minimum atomic E-state index is -0.383. The van der Waals surface area contributed by atoms with Crippen molar-refractivity contribution in [2.24, 2.45) is 0 Å². The molecule has 9 nitrogen and oxygen atoms in total. The van der Waals surface area contributed by atoms with E-state index in [2.05, 4.69) is 15.5 Å². The first-order valence-electron chi connectivity index (χ1n) is 14.3. The summed E-state index contributed by atoms with van der Waals surface area (Å²) in [6, 6.07) is 17.9. The average Bonchev–Trinajstić information content (AvgIpc) is 3.45. The Morgan fingerprint density at radius 3 is 2.31 bits per heavy atom. The fourth-order valence-electron chi connectivity index (χ4n) is 5.37. The second-order valence-electron chi connectivity index (χ2n) is 10.5. The van der Waals surface area contributed by atoms with Crippen LogP contribution >= 0.6 is 0 Å². The first-order valence-corrected chi connectivity index (χ1v) is 14.3. The second kappa shape index (κ2) is 13.5. The van der Waals surface area contributed by atoms with Crippen LogP contribution in [0.1, 0.15) is 43.9 Å². The average molecular weight is 574 g/mol. The van der Waals surface area contributed by atoms with Crippen LogP contribution in [0.15, 0.2) is 66.7 Å². The van der Waals surface area contributed by atoms with Crippen LogP contribution in [0.3, 0.4) is 0 Å². The van der Waals surface area contributed by atoms with Crippen molar-refractivity contribution in [1.29, 1.82) is 0 Å². The highest BCUT2D eigenvalue weighted by Gasteiger charge is 2.24. The van der Waals surface area contributed by atoms with Crippen LogP contribution < -0.4 is 20.3 Å². The van der Waals surface area contributed by atoms with Crippen LogP contribution in [0.4, 0.5) is 15.8 Å². The number of carbonyl (C=O) groups is 3. The zero-order valence-electron chi connectivity index (χ0n) is 23.8. The van der Waals surface area contributed by atoms with E-state index in [1.54, 1.807) is 42.3 Å². The lowest BCUT2D eigenvalue weighted by molar-refractivity contribution is 0.0759. The molecule has 3 aromatic carbocycles. The Morgan fingerprint density at radius 1 is 0.762 bits per heavy atom. The van der Waals surface area contributed by atoms with Gasteiger partial charge in [-0.3, -0.25) is 14.4 Å². The maximum absolute atomic E-state index is 13.4. The van der Waals surface area contributed by atoms with Crippen molar-refractivity contribution in [2.45, 2.75) is 12.8 Å². The van der Waals surface area contributed by atoms with Crippen LogP contribution in [-0.4, -0.2) is 87.0 Å². The van der Waals surface area contributed by atoms with E-state index in [-0.39, 0.29) is 23.5 Å². The van der Waals surface area contributed by atoms with Crippen molar-refractivity contribution in [3.8, 4) is 5.75 Å². The van der Waals surface area contributed by atoms with E-state index < -0.39 is 0 Å².